The minimum absolute atomic E-state index is 0.238. The average molecular weight is 333 g/mol. The molecule has 0 aliphatic rings. The summed E-state index contributed by atoms with van der Waals surface area (Å²) in [6.07, 6.45) is 0. The van der Waals surface area contributed by atoms with E-state index in [1.807, 2.05) is 0 Å². The lowest BCUT2D eigenvalue weighted by Crippen LogP contribution is -2.35. The van der Waals surface area contributed by atoms with Crippen molar-refractivity contribution in [1.82, 2.24) is 0 Å². The van der Waals surface area contributed by atoms with Crippen molar-refractivity contribution < 1.29 is 0 Å². The van der Waals surface area contributed by atoms with Gasteiger partial charge in [-0.3, -0.25) is 9.59 Å². The van der Waals surface area contributed by atoms with Gasteiger partial charge in [-0.15, -0.1) is 0 Å². The van der Waals surface area contributed by atoms with E-state index in [1.54, 1.807) is 48.5 Å². The SMILES string of the molecule is O=c1c(Nc2ccc(Cl)cc2)c(Nc2ccc(Cl)cc2)c1=O. The first-order chi connectivity index (χ1) is 10.5. The third-order valence-corrected chi connectivity index (χ3v) is 3.64. The topological polar surface area (TPSA) is 58.2 Å². The molecule has 0 heterocycles. The summed E-state index contributed by atoms with van der Waals surface area (Å²) < 4.78 is 0. The molecule has 3 aromatic rings. The van der Waals surface area contributed by atoms with Crippen LogP contribution in [0.25, 0.3) is 0 Å². The summed E-state index contributed by atoms with van der Waals surface area (Å²) in [5.74, 6) is 0. The van der Waals surface area contributed by atoms with Crippen LogP contribution in [0, 0.1) is 0 Å². The Morgan fingerprint density at radius 3 is 1.23 bits per heavy atom. The zero-order valence-corrected chi connectivity index (χ0v) is 12.7. The molecule has 3 aromatic carbocycles. The Kier molecular flexibility index (Phi) is 3.88. The molecular formula is C16H10Cl2N2O2. The van der Waals surface area contributed by atoms with E-state index in [1.165, 1.54) is 0 Å². The van der Waals surface area contributed by atoms with Crippen molar-refractivity contribution >= 4 is 46.0 Å². The fraction of sp³-hybridized carbons (Fsp3) is 0. The smallest absolute Gasteiger partial charge is 0.253 e. The maximum Gasteiger partial charge on any atom is 0.253 e. The molecular weight excluding hydrogens is 323 g/mol. The molecule has 0 atom stereocenters. The Hall–Kier alpha value is -2.30. The number of halogens is 2. The lowest BCUT2D eigenvalue weighted by Gasteiger charge is -2.15. The van der Waals surface area contributed by atoms with E-state index >= 15 is 0 Å². The maximum absolute atomic E-state index is 11.7. The van der Waals surface area contributed by atoms with Crippen molar-refractivity contribution in [3.05, 3.63) is 79.0 Å². The summed E-state index contributed by atoms with van der Waals surface area (Å²) in [6, 6.07) is 13.7. The van der Waals surface area contributed by atoms with Crippen LogP contribution in [0.5, 0.6) is 0 Å². The van der Waals surface area contributed by atoms with Crippen LogP contribution < -0.4 is 21.5 Å². The van der Waals surface area contributed by atoms with Gasteiger partial charge in [0.15, 0.2) is 0 Å². The standard InChI is InChI=1S/C16H10Cl2N2O2/c17-9-1-5-11(6-2-9)19-13-14(16(22)15(13)21)20-12-7-3-10(18)4-8-12/h1-8,19-20H. The highest BCUT2D eigenvalue weighted by Crippen LogP contribution is 2.25. The first-order valence-corrected chi connectivity index (χ1v) is 7.18. The quantitative estimate of drug-likeness (QED) is 0.707. The fourth-order valence-electron chi connectivity index (χ4n) is 1.99. The molecule has 0 fully saturated rings. The van der Waals surface area contributed by atoms with Gasteiger partial charge >= 0.3 is 0 Å². The van der Waals surface area contributed by atoms with Crippen LogP contribution in [-0.4, -0.2) is 0 Å². The zero-order chi connectivity index (χ0) is 15.7. The van der Waals surface area contributed by atoms with Gasteiger partial charge in [0.05, 0.1) is 0 Å². The second-order valence-electron chi connectivity index (χ2n) is 4.67. The maximum atomic E-state index is 11.7. The lowest BCUT2D eigenvalue weighted by atomic mass is 10.1. The van der Waals surface area contributed by atoms with Crippen LogP contribution in [0.15, 0.2) is 58.1 Å². The van der Waals surface area contributed by atoms with E-state index in [-0.39, 0.29) is 11.4 Å². The highest BCUT2D eigenvalue weighted by molar-refractivity contribution is 6.30. The summed E-state index contributed by atoms with van der Waals surface area (Å²) >= 11 is 11.6. The van der Waals surface area contributed by atoms with Crippen LogP contribution in [0.3, 0.4) is 0 Å². The Bertz CT molecular complexity index is 805. The van der Waals surface area contributed by atoms with Gasteiger partial charge in [-0.25, -0.2) is 0 Å². The van der Waals surface area contributed by atoms with Gasteiger partial charge in [0.25, 0.3) is 10.9 Å². The van der Waals surface area contributed by atoms with Gasteiger partial charge < -0.3 is 10.6 Å². The first kappa shape index (κ1) is 14.6. The molecule has 4 nitrogen and oxygen atoms in total. The van der Waals surface area contributed by atoms with Crippen LogP contribution in [-0.2, 0) is 0 Å². The Labute approximate surface area is 136 Å². The van der Waals surface area contributed by atoms with E-state index < -0.39 is 10.9 Å². The van der Waals surface area contributed by atoms with Crippen molar-refractivity contribution in [1.29, 1.82) is 0 Å². The van der Waals surface area contributed by atoms with Crippen LogP contribution in [0.2, 0.25) is 10.0 Å². The molecule has 0 saturated carbocycles. The van der Waals surface area contributed by atoms with Crippen molar-refractivity contribution in [3.63, 3.8) is 0 Å². The molecule has 0 aromatic heterocycles. The van der Waals surface area contributed by atoms with E-state index in [9.17, 15) is 9.59 Å². The minimum Gasteiger partial charge on any atom is -0.350 e. The monoisotopic (exact) mass is 332 g/mol. The van der Waals surface area contributed by atoms with Crippen molar-refractivity contribution in [2.75, 3.05) is 10.6 Å². The first-order valence-electron chi connectivity index (χ1n) is 6.43. The Morgan fingerprint density at radius 1 is 0.591 bits per heavy atom. The molecule has 0 amide bonds. The molecule has 0 aliphatic carbocycles. The van der Waals surface area contributed by atoms with Gasteiger partial charge in [-0.2, -0.15) is 0 Å². The van der Waals surface area contributed by atoms with Crippen molar-refractivity contribution in [3.8, 4) is 0 Å². The summed E-state index contributed by atoms with van der Waals surface area (Å²) in [6.45, 7) is 0. The molecule has 110 valence electrons. The van der Waals surface area contributed by atoms with Crippen LogP contribution in [0.4, 0.5) is 22.7 Å². The second-order valence-corrected chi connectivity index (χ2v) is 5.54. The molecule has 0 bridgehead atoms. The predicted octanol–water partition coefficient (Wildman–Crippen LogP) is 4.08. The number of hydrogen-bond acceptors (Lipinski definition) is 4. The fourth-order valence-corrected chi connectivity index (χ4v) is 2.24. The van der Waals surface area contributed by atoms with Gasteiger partial charge in [-0.1, -0.05) is 23.2 Å². The molecule has 22 heavy (non-hydrogen) atoms. The van der Waals surface area contributed by atoms with Gasteiger partial charge in [-0.05, 0) is 48.5 Å². The third-order valence-electron chi connectivity index (χ3n) is 3.14. The normalized spacial score (nSPS) is 10.6. The zero-order valence-electron chi connectivity index (χ0n) is 11.2. The van der Waals surface area contributed by atoms with E-state index in [0.29, 0.717) is 21.4 Å². The van der Waals surface area contributed by atoms with Gasteiger partial charge in [0.1, 0.15) is 11.4 Å². The average Bonchev–Trinajstić information content (AvgIpc) is 2.54. The third kappa shape index (κ3) is 2.84. The molecule has 0 saturated heterocycles. The molecule has 6 heteroatoms. The number of benzene rings is 2. The number of anilines is 4. The van der Waals surface area contributed by atoms with Crippen molar-refractivity contribution in [2.45, 2.75) is 0 Å². The molecule has 0 unspecified atom stereocenters. The minimum atomic E-state index is -0.550. The van der Waals surface area contributed by atoms with Gasteiger partial charge in [0, 0.05) is 21.4 Å². The number of rotatable bonds is 4. The summed E-state index contributed by atoms with van der Waals surface area (Å²) in [5, 5.41) is 7.04. The largest absolute Gasteiger partial charge is 0.350 e. The predicted molar refractivity (Wildman–Crippen MR) is 90.8 cm³/mol. The van der Waals surface area contributed by atoms with E-state index in [4.69, 9.17) is 23.2 Å². The molecule has 0 aliphatic heterocycles. The molecule has 3 rings (SSSR count). The van der Waals surface area contributed by atoms with Crippen molar-refractivity contribution in [2.24, 2.45) is 0 Å². The summed E-state index contributed by atoms with van der Waals surface area (Å²) in [7, 11) is 0. The van der Waals surface area contributed by atoms with E-state index in [2.05, 4.69) is 10.6 Å². The number of nitrogens with one attached hydrogen (secondary N) is 2. The molecule has 2 N–H and O–H groups in total. The van der Waals surface area contributed by atoms with Gasteiger partial charge in [0.2, 0.25) is 0 Å². The molecule has 0 radical (unpaired) electrons. The summed E-state index contributed by atoms with van der Waals surface area (Å²) in [4.78, 5) is 23.5. The van der Waals surface area contributed by atoms with Crippen LogP contribution >= 0.6 is 23.2 Å². The highest BCUT2D eigenvalue weighted by Gasteiger charge is 2.21. The number of hydrogen-bond donors (Lipinski definition) is 2. The summed E-state index contributed by atoms with van der Waals surface area (Å²) in [5.41, 5.74) is 0.730. The van der Waals surface area contributed by atoms with E-state index in [0.717, 1.165) is 0 Å². The Morgan fingerprint density at radius 2 is 0.909 bits per heavy atom. The highest BCUT2D eigenvalue weighted by atomic mass is 35.5. The van der Waals surface area contributed by atoms with Crippen LogP contribution in [0.1, 0.15) is 0 Å². The lowest BCUT2D eigenvalue weighted by molar-refractivity contribution is 1.36. The second kappa shape index (κ2) is 5.83. The Balaban J connectivity index is 1.85. The molecule has 0 spiro atoms.